The van der Waals surface area contributed by atoms with Gasteiger partial charge in [0.1, 0.15) is 6.61 Å². The number of rotatable bonds is 0. The van der Waals surface area contributed by atoms with E-state index in [-0.39, 0.29) is 12.5 Å². The molecule has 3 heteroatoms. The van der Waals surface area contributed by atoms with Crippen molar-refractivity contribution in [1.29, 1.82) is 0 Å². The van der Waals surface area contributed by atoms with Gasteiger partial charge in [0.15, 0.2) is 0 Å². The Balaban J connectivity index is 2.39. The number of hydrogen-bond acceptors (Lipinski definition) is 2. The largest absolute Gasteiger partial charge is 0.370 e. The molecule has 1 radical (unpaired) electrons. The van der Waals surface area contributed by atoms with Crippen LogP contribution in [0.5, 0.6) is 0 Å². The molecule has 0 aromatic rings. The van der Waals surface area contributed by atoms with Crippen molar-refractivity contribution in [2.24, 2.45) is 0 Å². The van der Waals surface area contributed by atoms with Crippen LogP contribution in [-0.2, 0) is 9.53 Å². The van der Waals surface area contributed by atoms with Crippen LogP contribution in [0.2, 0.25) is 0 Å². The van der Waals surface area contributed by atoms with E-state index in [1.165, 1.54) is 4.90 Å². The first-order valence-electron chi connectivity index (χ1n) is 2.49. The van der Waals surface area contributed by atoms with Gasteiger partial charge in [0.2, 0.25) is 5.91 Å². The van der Waals surface area contributed by atoms with Gasteiger partial charge in [0, 0.05) is 13.6 Å². The van der Waals surface area contributed by atoms with Crippen molar-refractivity contribution in [3.05, 3.63) is 7.05 Å². The molecule has 0 bridgehead atoms. The molecule has 3 nitrogen and oxygen atoms in total. The van der Waals surface area contributed by atoms with E-state index >= 15 is 0 Å². The molecular formula is C5H8NO2. The van der Waals surface area contributed by atoms with Gasteiger partial charge in [-0.3, -0.25) is 4.79 Å². The fourth-order valence-corrected chi connectivity index (χ4v) is 0.550. The molecule has 0 aromatic carbocycles. The van der Waals surface area contributed by atoms with Gasteiger partial charge in [0.05, 0.1) is 6.61 Å². The van der Waals surface area contributed by atoms with Gasteiger partial charge in [-0.2, -0.15) is 0 Å². The third-order valence-corrected chi connectivity index (χ3v) is 1.08. The topological polar surface area (TPSA) is 29.5 Å². The SMILES string of the molecule is [CH2]N1CCOCC1=O. The maximum absolute atomic E-state index is 10.5. The first-order chi connectivity index (χ1) is 3.80. The zero-order valence-corrected chi connectivity index (χ0v) is 4.59. The molecule has 0 N–H and O–H groups in total. The summed E-state index contributed by atoms with van der Waals surface area (Å²) in [6, 6.07) is 0. The molecule has 45 valence electrons. The zero-order valence-electron chi connectivity index (χ0n) is 4.59. The molecule has 8 heavy (non-hydrogen) atoms. The molecule has 0 atom stereocenters. The molecule has 1 aliphatic heterocycles. The van der Waals surface area contributed by atoms with Crippen molar-refractivity contribution in [3.63, 3.8) is 0 Å². The highest BCUT2D eigenvalue weighted by Gasteiger charge is 2.12. The molecule has 1 heterocycles. The minimum atomic E-state index is -0.0312. The summed E-state index contributed by atoms with van der Waals surface area (Å²) in [6.45, 7) is 1.44. The quantitative estimate of drug-likeness (QED) is 0.430. The Morgan fingerprint density at radius 3 is 2.88 bits per heavy atom. The second-order valence-corrected chi connectivity index (χ2v) is 1.71. The summed E-state index contributed by atoms with van der Waals surface area (Å²) in [6.07, 6.45) is 0. The first-order valence-corrected chi connectivity index (χ1v) is 2.49. The molecule has 0 unspecified atom stereocenters. The van der Waals surface area contributed by atoms with Crippen LogP contribution in [0.1, 0.15) is 0 Å². The maximum Gasteiger partial charge on any atom is 0.248 e. The smallest absolute Gasteiger partial charge is 0.248 e. The van der Waals surface area contributed by atoms with E-state index in [4.69, 9.17) is 4.74 Å². The highest BCUT2D eigenvalue weighted by molar-refractivity contribution is 5.78. The molecule has 1 saturated heterocycles. The molecular weight excluding hydrogens is 106 g/mol. The summed E-state index contributed by atoms with van der Waals surface area (Å²) in [4.78, 5) is 12.0. The number of ether oxygens (including phenoxy) is 1. The summed E-state index contributed by atoms with van der Waals surface area (Å²) < 4.78 is 4.82. The average Bonchev–Trinajstić information content (AvgIpc) is 1.77. The van der Waals surface area contributed by atoms with Gasteiger partial charge in [-0.1, -0.05) is 0 Å². The monoisotopic (exact) mass is 114 g/mol. The van der Waals surface area contributed by atoms with Crippen LogP contribution in [0.4, 0.5) is 0 Å². The number of hydrogen-bond donors (Lipinski definition) is 0. The van der Waals surface area contributed by atoms with E-state index in [0.29, 0.717) is 13.2 Å². The summed E-state index contributed by atoms with van der Waals surface area (Å²) in [5.41, 5.74) is 0. The third-order valence-electron chi connectivity index (χ3n) is 1.08. The molecule has 1 rings (SSSR count). The summed E-state index contributed by atoms with van der Waals surface area (Å²) in [7, 11) is 3.48. The van der Waals surface area contributed by atoms with Gasteiger partial charge < -0.3 is 9.64 Å². The summed E-state index contributed by atoms with van der Waals surface area (Å²) in [5.74, 6) is -0.0312. The number of amides is 1. The normalized spacial score (nSPS) is 21.6. The third kappa shape index (κ3) is 0.980. The van der Waals surface area contributed by atoms with Crippen molar-refractivity contribution in [2.75, 3.05) is 19.8 Å². The lowest BCUT2D eigenvalue weighted by Gasteiger charge is -2.21. The van der Waals surface area contributed by atoms with Crippen LogP contribution in [-0.4, -0.2) is 30.6 Å². The van der Waals surface area contributed by atoms with Gasteiger partial charge >= 0.3 is 0 Å². The van der Waals surface area contributed by atoms with Crippen LogP contribution in [0.25, 0.3) is 0 Å². The summed E-state index contributed by atoms with van der Waals surface area (Å²) in [5, 5.41) is 0. The van der Waals surface area contributed by atoms with Crippen molar-refractivity contribution in [1.82, 2.24) is 4.90 Å². The summed E-state index contributed by atoms with van der Waals surface area (Å²) >= 11 is 0. The molecule has 0 aliphatic carbocycles. The molecule has 1 aliphatic rings. The lowest BCUT2D eigenvalue weighted by molar-refractivity contribution is -0.139. The lowest BCUT2D eigenvalue weighted by atomic mass is 10.4. The van der Waals surface area contributed by atoms with Crippen LogP contribution in [0.3, 0.4) is 0 Å². The fraction of sp³-hybridized carbons (Fsp3) is 0.600. The minimum Gasteiger partial charge on any atom is -0.370 e. The molecule has 1 fully saturated rings. The predicted molar refractivity (Wildman–Crippen MR) is 27.9 cm³/mol. The Morgan fingerprint density at radius 2 is 2.50 bits per heavy atom. The van der Waals surface area contributed by atoms with Crippen LogP contribution in [0, 0.1) is 7.05 Å². The van der Waals surface area contributed by atoms with Gasteiger partial charge in [-0.15, -0.1) is 0 Å². The maximum atomic E-state index is 10.5. The molecule has 1 amide bonds. The Bertz CT molecular complexity index is 103. The average molecular weight is 114 g/mol. The minimum absolute atomic E-state index is 0.0312. The molecule has 0 aromatic heterocycles. The fourth-order valence-electron chi connectivity index (χ4n) is 0.550. The Hall–Kier alpha value is -0.570. The van der Waals surface area contributed by atoms with Crippen LogP contribution in [0.15, 0.2) is 0 Å². The van der Waals surface area contributed by atoms with E-state index < -0.39 is 0 Å². The molecule has 0 spiro atoms. The second kappa shape index (κ2) is 2.13. The number of carbonyl (C=O) groups is 1. The van der Waals surface area contributed by atoms with E-state index in [1.54, 1.807) is 0 Å². The highest BCUT2D eigenvalue weighted by Crippen LogP contribution is 1.94. The van der Waals surface area contributed by atoms with E-state index in [2.05, 4.69) is 7.05 Å². The Kier molecular flexibility index (Phi) is 1.48. The van der Waals surface area contributed by atoms with Crippen molar-refractivity contribution in [2.45, 2.75) is 0 Å². The Labute approximate surface area is 48.2 Å². The second-order valence-electron chi connectivity index (χ2n) is 1.71. The van der Waals surface area contributed by atoms with Crippen molar-refractivity contribution >= 4 is 5.91 Å². The first kappa shape index (κ1) is 5.56. The number of nitrogens with zero attached hydrogens (tertiary/aromatic N) is 1. The van der Waals surface area contributed by atoms with Crippen LogP contribution >= 0.6 is 0 Å². The van der Waals surface area contributed by atoms with Gasteiger partial charge in [-0.05, 0) is 0 Å². The van der Waals surface area contributed by atoms with E-state index in [9.17, 15) is 4.79 Å². The van der Waals surface area contributed by atoms with Crippen molar-refractivity contribution < 1.29 is 9.53 Å². The number of morpholine rings is 1. The Morgan fingerprint density at radius 1 is 1.75 bits per heavy atom. The van der Waals surface area contributed by atoms with Gasteiger partial charge in [0.25, 0.3) is 0 Å². The molecule has 0 saturated carbocycles. The lowest BCUT2D eigenvalue weighted by Crippen LogP contribution is -2.36. The van der Waals surface area contributed by atoms with E-state index in [1.807, 2.05) is 0 Å². The zero-order chi connectivity index (χ0) is 5.98. The van der Waals surface area contributed by atoms with E-state index in [0.717, 1.165) is 0 Å². The predicted octanol–water partition coefficient (Wildman–Crippen LogP) is -0.363. The number of carbonyl (C=O) groups excluding carboxylic acids is 1. The van der Waals surface area contributed by atoms with Crippen LogP contribution < -0.4 is 0 Å². The standard InChI is InChI=1S/C5H8NO2/c1-6-2-3-8-4-5(6)7/h1-4H2. The van der Waals surface area contributed by atoms with Gasteiger partial charge in [-0.25, -0.2) is 0 Å². The van der Waals surface area contributed by atoms with Crippen molar-refractivity contribution in [3.8, 4) is 0 Å². The highest BCUT2D eigenvalue weighted by atomic mass is 16.5.